The van der Waals surface area contributed by atoms with E-state index in [2.05, 4.69) is 102 Å². The van der Waals surface area contributed by atoms with Crippen LogP contribution in [0.5, 0.6) is 0 Å². The van der Waals surface area contributed by atoms with Gasteiger partial charge in [0.05, 0.1) is 0 Å². The summed E-state index contributed by atoms with van der Waals surface area (Å²) in [5, 5.41) is 5.48. The first-order valence-corrected chi connectivity index (χ1v) is 23.7. The minimum absolute atomic E-state index is 0.203. The zero-order valence-electron chi connectivity index (χ0n) is 27.1. The van der Waals surface area contributed by atoms with Gasteiger partial charge in [0.1, 0.15) is 0 Å². The molecule has 0 aliphatic heterocycles. The van der Waals surface area contributed by atoms with Gasteiger partial charge in [-0.3, -0.25) is 0 Å². The van der Waals surface area contributed by atoms with Gasteiger partial charge >= 0.3 is 40.1 Å². The molecular formula is C39H54Cl2Zr-4. The third-order valence-electron chi connectivity index (χ3n) is 7.94. The fraction of sp³-hybridized carbons (Fsp3) is 0.462. The van der Waals surface area contributed by atoms with Gasteiger partial charge < -0.3 is 13.8 Å². The maximum atomic E-state index is 5.13. The van der Waals surface area contributed by atoms with Gasteiger partial charge in [0.25, 0.3) is 0 Å². The second-order valence-electron chi connectivity index (χ2n) is 13.9. The third-order valence-corrected chi connectivity index (χ3v) is 7.94. The van der Waals surface area contributed by atoms with Crippen LogP contribution in [0.25, 0.3) is 21.5 Å². The fourth-order valence-corrected chi connectivity index (χ4v) is 5.30. The molecule has 2 aliphatic rings. The summed E-state index contributed by atoms with van der Waals surface area (Å²) in [6.07, 6.45) is 11.2. The Labute approximate surface area is 273 Å². The topological polar surface area (TPSA) is 0 Å². The summed E-state index contributed by atoms with van der Waals surface area (Å²) in [6.45, 7) is 21.5. The first kappa shape index (κ1) is 37.2. The van der Waals surface area contributed by atoms with Crippen LogP contribution in [0.2, 0.25) is 0 Å². The summed E-state index contributed by atoms with van der Waals surface area (Å²) in [4.78, 5) is 0. The fourth-order valence-electron chi connectivity index (χ4n) is 5.30. The molecule has 0 heterocycles. The second kappa shape index (κ2) is 18.1. The Morgan fingerprint density at radius 1 is 0.690 bits per heavy atom. The predicted molar refractivity (Wildman–Crippen MR) is 190 cm³/mol. The molecule has 2 aliphatic carbocycles. The third kappa shape index (κ3) is 13.7. The van der Waals surface area contributed by atoms with Crippen LogP contribution < -0.4 is 0 Å². The molecule has 0 nitrogen and oxygen atoms in total. The van der Waals surface area contributed by atoms with Crippen molar-refractivity contribution in [3.8, 4) is 0 Å². The summed E-state index contributed by atoms with van der Waals surface area (Å²) in [5.41, 5.74) is 3.21. The number of halogens is 2. The number of fused-ring (bicyclic) bond motifs is 3. The molecule has 4 aromatic carbocycles. The molecule has 42 heavy (non-hydrogen) atoms. The number of hydrogen-bond donors (Lipinski definition) is 0. The SMILES string of the molecule is CC(C)(C)c1ccc2c(c1)[cH-]c1cc(C(C)(C)C)ccc12.[CH2-]C1CCCC1.[CH2-]C1CCCC1.[CH2]=[Zr]([Cl])[Cl].c1cc[cH-]c1. The van der Waals surface area contributed by atoms with Crippen molar-refractivity contribution in [2.75, 3.05) is 0 Å². The quantitative estimate of drug-likeness (QED) is 0.162. The smallest absolute Gasteiger partial charge is 0.172 e. The van der Waals surface area contributed by atoms with E-state index in [9.17, 15) is 0 Å². The summed E-state index contributed by atoms with van der Waals surface area (Å²) in [5.74, 6) is 1.59. The van der Waals surface area contributed by atoms with Crippen molar-refractivity contribution in [3.63, 3.8) is 0 Å². The van der Waals surface area contributed by atoms with E-state index in [1.807, 2.05) is 30.3 Å². The van der Waals surface area contributed by atoms with Gasteiger partial charge in [0.2, 0.25) is 0 Å². The van der Waals surface area contributed by atoms with Crippen LogP contribution in [-0.4, -0.2) is 4.21 Å². The van der Waals surface area contributed by atoms with Gasteiger partial charge in [-0.25, -0.2) is 12.1 Å². The standard InChI is InChI=1S/C21H25.2C6H11.C5H5.CH2.2ClH.Zr/c1-20(2,3)16-7-9-18-14(12-16)11-15-13-17(21(4,5)6)8-10-19(15)18;2*1-6-4-2-3-5-6;1-2-4-5-3-1;;;;/h7-13H,1-6H3;2*6H,1-5H2;1-5H;1H2;2*1H;/q4*-1;;;;+2/p-2. The molecule has 0 saturated heterocycles. The molecule has 6 rings (SSSR count). The molecule has 2 fully saturated rings. The minimum atomic E-state index is -1.85. The molecule has 0 atom stereocenters. The summed E-state index contributed by atoms with van der Waals surface area (Å²) in [6, 6.07) is 26.2. The Morgan fingerprint density at radius 2 is 1.02 bits per heavy atom. The van der Waals surface area contributed by atoms with E-state index in [-0.39, 0.29) is 10.8 Å². The molecular weight excluding hydrogens is 631 g/mol. The molecule has 0 spiro atoms. The Balaban J connectivity index is 0.000000235. The Morgan fingerprint density at radius 3 is 1.24 bits per heavy atom. The van der Waals surface area contributed by atoms with E-state index in [1.54, 1.807) is 0 Å². The van der Waals surface area contributed by atoms with Gasteiger partial charge in [-0.1, -0.05) is 128 Å². The summed E-state index contributed by atoms with van der Waals surface area (Å²) >= 11 is -1.85. The van der Waals surface area contributed by atoms with E-state index < -0.39 is 18.9 Å². The largest absolute Gasteiger partial charge is 0.214 e. The van der Waals surface area contributed by atoms with E-state index in [0.29, 0.717) is 0 Å². The average Bonchev–Trinajstić information content (AvgIpc) is 3.71. The van der Waals surface area contributed by atoms with Crippen LogP contribution in [0, 0.1) is 25.7 Å². The number of hydrogen-bond acceptors (Lipinski definition) is 0. The van der Waals surface area contributed by atoms with E-state index in [0.717, 1.165) is 11.8 Å². The molecule has 2 saturated carbocycles. The average molecular weight is 685 g/mol. The summed E-state index contributed by atoms with van der Waals surface area (Å²) < 4.78 is 3.37. The van der Waals surface area contributed by atoms with Crippen LogP contribution in [0.1, 0.15) is 104 Å². The Hall–Kier alpha value is -1.01. The van der Waals surface area contributed by atoms with Gasteiger partial charge in [-0.2, -0.15) is 30.0 Å². The van der Waals surface area contributed by atoms with Gasteiger partial charge in [0.15, 0.2) is 0 Å². The molecule has 4 aromatic rings. The van der Waals surface area contributed by atoms with Crippen molar-refractivity contribution in [3.05, 3.63) is 97.8 Å². The van der Waals surface area contributed by atoms with Crippen LogP contribution in [0.4, 0.5) is 0 Å². The van der Waals surface area contributed by atoms with Gasteiger partial charge in [0, 0.05) is 0 Å². The number of benzene rings is 2. The normalized spacial score (nSPS) is 15.5. The zero-order valence-corrected chi connectivity index (χ0v) is 31.1. The molecule has 0 aromatic heterocycles. The molecule has 232 valence electrons. The molecule has 0 radical (unpaired) electrons. The van der Waals surface area contributed by atoms with Crippen LogP contribution in [-0.2, 0) is 29.7 Å². The summed E-state index contributed by atoms with van der Waals surface area (Å²) in [7, 11) is 10.3. The van der Waals surface area contributed by atoms with E-state index in [1.165, 1.54) is 84.0 Å². The predicted octanol–water partition coefficient (Wildman–Crippen LogP) is 13.1. The maximum absolute atomic E-state index is 5.13. The van der Waals surface area contributed by atoms with Crippen molar-refractivity contribution in [2.24, 2.45) is 11.8 Å². The van der Waals surface area contributed by atoms with Crippen LogP contribution >= 0.6 is 17.0 Å². The Kier molecular flexibility index (Phi) is 16.0. The van der Waals surface area contributed by atoms with Crippen molar-refractivity contribution in [1.29, 1.82) is 0 Å². The molecule has 0 bridgehead atoms. The second-order valence-corrected chi connectivity index (χ2v) is 22.1. The molecule has 3 heteroatoms. The molecule has 0 unspecified atom stereocenters. The van der Waals surface area contributed by atoms with Crippen molar-refractivity contribution in [2.45, 2.75) is 104 Å². The maximum Gasteiger partial charge on any atom is -0.172 e. The number of rotatable bonds is 0. The van der Waals surface area contributed by atoms with Crippen LogP contribution in [0.15, 0.2) is 72.8 Å². The van der Waals surface area contributed by atoms with E-state index in [4.69, 9.17) is 17.0 Å². The van der Waals surface area contributed by atoms with E-state index >= 15 is 0 Å². The molecule has 0 N–H and O–H groups in total. The molecule has 0 amide bonds. The first-order chi connectivity index (χ1) is 19.7. The van der Waals surface area contributed by atoms with Crippen LogP contribution in [0.3, 0.4) is 0 Å². The minimum Gasteiger partial charge on any atom is -0.214 e. The Bertz CT molecular complexity index is 1200. The van der Waals surface area contributed by atoms with Crippen molar-refractivity contribution >= 4 is 42.8 Å². The monoisotopic (exact) mass is 682 g/mol. The zero-order chi connectivity index (χ0) is 31.3. The van der Waals surface area contributed by atoms with Gasteiger partial charge in [-0.05, 0) is 10.8 Å². The van der Waals surface area contributed by atoms with Gasteiger partial charge in [-0.15, -0.1) is 39.7 Å². The first-order valence-electron chi connectivity index (χ1n) is 15.7. The van der Waals surface area contributed by atoms with Crippen molar-refractivity contribution in [1.82, 2.24) is 0 Å². The van der Waals surface area contributed by atoms with Crippen molar-refractivity contribution < 1.29 is 18.9 Å².